The number of rotatable bonds is 7. The van der Waals surface area contributed by atoms with Crippen molar-refractivity contribution in [3.63, 3.8) is 0 Å². The molecule has 3 rings (SSSR count). The zero-order valence-corrected chi connectivity index (χ0v) is 17.4. The van der Waals surface area contributed by atoms with Gasteiger partial charge in [0.25, 0.3) is 15.9 Å². The summed E-state index contributed by atoms with van der Waals surface area (Å²) in [6.07, 6.45) is 0. The Hall–Kier alpha value is -2.73. The van der Waals surface area contributed by atoms with Crippen molar-refractivity contribution >= 4 is 48.7 Å². The highest BCUT2D eigenvalue weighted by molar-refractivity contribution is 7.94. The summed E-state index contributed by atoms with van der Waals surface area (Å²) in [5.74, 6) is -0.827. The molecule has 0 saturated heterocycles. The second kappa shape index (κ2) is 8.33. The lowest BCUT2D eigenvalue weighted by Crippen LogP contribution is -2.16. The summed E-state index contributed by atoms with van der Waals surface area (Å²) in [7, 11) is -7.42. The molecular formula is C18H17N3O5S3. The predicted molar refractivity (Wildman–Crippen MR) is 113 cm³/mol. The molecule has 0 spiro atoms. The molecule has 3 aromatic rings. The van der Waals surface area contributed by atoms with Crippen LogP contribution in [0, 0.1) is 0 Å². The summed E-state index contributed by atoms with van der Waals surface area (Å²) < 4.78 is 49.7. The number of benzene rings is 2. The molecule has 0 fully saturated rings. The minimum atomic E-state index is -3.73. The van der Waals surface area contributed by atoms with Crippen molar-refractivity contribution in [3.8, 4) is 0 Å². The molecular weight excluding hydrogens is 434 g/mol. The molecule has 0 saturated carbocycles. The normalized spacial score (nSPS) is 11.8. The van der Waals surface area contributed by atoms with Crippen molar-refractivity contribution in [2.24, 2.45) is 5.14 Å². The van der Waals surface area contributed by atoms with Gasteiger partial charge in [0.05, 0.1) is 5.75 Å². The van der Waals surface area contributed by atoms with Gasteiger partial charge in [-0.25, -0.2) is 22.0 Å². The first-order chi connectivity index (χ1) is 13.6. The van der Waals surface area contributed by atoms with Crippen molar-refractivity contribution in [3.05, 3.63) is 77.2 Å². The summed E-state index contributed by atoms with van der Waals surface area (Å²) in [5.41, 5.74) is 1.30. The van der Waals surface area contributed by atoms with E-state index in [0.717, 1.165) is 11.3 Å². The monoisotopic (exact) mass is 451 g/mol. The van der Waals surface area contributed by atoms with Crippen LogP contribution >= 0.6 is 11.3 Å². The first kappa shape index (κ1) is 21.0. The van der Waals surface area contributed by atoms with Gasteiger partial charge in [-0.3, -0.25) is 9.52 Å². The van der Waals surface area contributed by atoms with E-state index in [1.54, 1.807) is 35.7 Å². The summed E-state index contributed by atoms with van der Waals surface area (Å²) in [4.78, 5) is 12.5. The minimum absolute atomic E-state index is 0.166. The molecule has 0 aliphatic carbocycles. The van der Waals surface area contributed by atoms with E-state index < -0.39 is 26.0 Å². The van der Waals surface area contributed by atoms with Crippen molar-refractivity contribution in [1.82, 2.24) is 0 Å². The lowest BCUT2D eigenvalue weighted by atomic mass is 10.1. The average Bonchev–Trinajstić information content (AvgIpc) is 3.16. The van der Waals surface area contributed by atoms with Crippen LogP contribution in [0.1, 0.15) is 15.9 Å². The number of thiophene rings is 1. The summed E-state index contributed by atoms with van der Waals surface area (Å²) >= 11 is 1.09. The maximum Gasteiger partial charge on any atom is 0.271 e. The molecule has 0 atom stereocenters. The topological polar surface area (TPSA) is 135 Å². The van der Waals surface area contributed by atoms with Crippen LogP contribution in [0.25, 0.3) is 0 Å². The standard InChI is InChI=1S/C18H17N3O5S3/c19-28(23,24)12-13-4-1-6-15(10-13)20-18(22)14-5-2-7-16(11-14)21-29(25,26)17-8-3-9-27-17/h1-11,21H,12H2,(H,20,22)(H2,19,23,24). The predicted octanol–water partition coefficient (Wildman–Crippen LogP) is 2.59. The number of carbonyl (C=O) groups is 1. The maximum atomic E-state index is 12.5. The number of nitrogens with two attached hydrogens (primary N) is 1. The third-order valence-electron chi connectivity index (χ3n) is 3.69. The minimum Gasteiger partial charge on any atom is -0.322 e. The third-order valence-corrected chi connectivity index (χ3v) is 7.20. The molecule has 4 N–H and O–H groups in total. The second-order valence-electron chi connectivity index (χ2n) is 6.08. The van der Waals surface area contributed by atoms with Crippen molar-refractivity contribution in [2.45, 2.75) is 9.96 Å². The Balaban J connectivity index is 1.76. The zero-order valence-electron chi connectivity index (χ0n) is 14.9. The quantitative estimate of drug-likeness (QED) is 0.507. The van der Waals surface area contributed by atoms with E-state index >= 15 is 0 Å². The van der Waals surface area contributed by atoms with Gasteiger partial charge in [-0.2, -0.15) is 0 Å². The lowest BCUT2D eigenvalue weighted by Gasteiger charge is -2.10. The molecule has 2 aromatic carbocycles. The Morgan fingerprint density at radius 1 is 0.931 bits per heavy atom. The van der Waals surface area contributed by atoms with Gasteiger partial charge >= 0.3 is 0 Å². The van der Waals surface area contributed by atoms with Crippen molar-refractivity contribution in [2.75, 3.05) is 10.0 Å². The van der Waals surface area contributed by atoms with Gasteiger partial charge in [0.15, 0.2) is 0 Å². The van der Waals surface area contributed by atoms with E-state index in [2.05, 4.69) is 10.0 Å². The zero-order chi connectivity index (χ0) is 21.1. The van der Waals surface area contributed by atoms with E-state index in [-0.39, 0.29) is 21.2 Å². The molecule has 0 radical (unpaired) electrons. The highest BCUT2D eigenvalue weighted by Crippen LogP contribution is 2.21. The summed E-state index contributed by atoms with van der Waals surface area (Å²) in [6.45, 7) is 0. The number of anilines is 2. The van der Waals surface area contributed by atoms with Gasteiger partial charge in [-0.15, -0.1) is 11.3 Å². The first-order valence-corrected chi connectivity index (χ1v) is 12.3. The molecule has 0 bridgehead atoms. The number of primary sulfonamides is 1. The fraction of sp³-hybridized carbons (Fsp3) is 0.0556. The van der Waals surface area contributed by atoms with Crippen LogP contribution in [-0.4, -0.2) is 22.7 Å². The number of nitrogens with one attached hydrogen (secondary N) is 2. The van der Waals surface area contributed by atoms with E-state index in [1.165, 1.54) is 30.3 Å². The van der Waals surface area contributed by atoms with Crippen molar-refractivity contribution in [1.29, 1.82) is 0 Å². The molecule has 0 aliphatic heterocycles. The van der Waals surface area contributed by atoms with Crippen molar-refractivity contribution < 1.29 is 21.6 Å². The van der Waals surface area contributed by atoms with Crippen LogP contribution < -0.4 is 15.2 Å². The SMILES string of the molecule is NS(=O)(=O)Cc1cccc(NC(=O)c2cccc(NS(=O)(=O)c3cccs3)c2)c1. The van der Waals surface area contributed by atoms with Gasteiger partial charge < -0.3 is 5.32 Å². The Morgan fingerprint density at radius 2 is 1.66 bits per heavy atom. The number of hydrogen-bond donors (Lipinski definition) is 3. The third kappa shape index (κ3) is 5.87. The maximum absolute atomic E-state index is 12.5. The van der Waals surface area contributed by atoms with Crippen LogP contribution in [0.15, 0.2) is 70.3 Å². The van der Waals surface area contributed by atoms with Gasteiger partial charge in [0.1, 0.15) is 4.21 Å². The molecule has 11 heteroatoms. The van der Waals surface area contributed by atoms with E-state index in [0.29, 0.717) is 11.3 Å². The van der Waals surface area contributed by atoms with Crippen LogP contribution in [-0.2, 0) is 25.8 Å². The van der Waals surface area contributed by atoms with Crippen LogP contribution in [0.2, 0.25) is 0 Å². The second-order valence-corrected chi connectivity index (χ2v) is 10.6. The Morgan fingerprint density at radius 3 is 2.34 bits per heavy atom. The number of hydrogen-bond acceptors (Lipinski definition) is 6. The van der Waals surface area contributed by atoms with Crippen LogP contribution in [0.4, 0.5) is 11.4 Å². The lowest BCUT2D eigenvalue weighted by molar-refractivity contribution is 0.102. The number of carbonyl (C=O) groups excluding carboxylic acids is 1. The molecule has 29 heavy (non-hydrogen) atoms. The summed E-state index contributed by atoms with van der Waals surface area (Å²) in [5, 5.41) is 9.35. The summed E-state index contributed by atoms with van der Waals surface area (Å²) in [6, 6.07) is 15.4. The number of amides is 1. The van der Waals surface area contributed by atoms with E-state index in [1.807, 2.05) is 0 Å². The van der Waals surface area contributed by atoms with Gasteiger partial charge in [0, 0.05) is 16.9 Å². The molecule has 1 heterocycles. The van der Waals surface area contributed by atoms with Crippen LogP contribution in [0.5, 0.6) is 0 Å². The molecule has 152 valence electrons. The average molecular weight is 452 g/mol. The van der Waals surface area contributed by atoms with Gasteiger partial charge in [-0.1, -0.05) is 24.3 Å². The Labute approximate surface area is 172 Å². The Bertz CT molecular complexity index is 1240. The fourth-order valence-corrected chi connectivity index (χ4v) is 5.21. The molecule has 1 aromatic heterocycles. The highest BCUT2D eigenvalue weighted by Gasteiger charge is 2.16. The molecule has 1 amide bonds. The smallest absolute Gasteiger partial charge is 0.271 e. The van der Waals surface area contributed by atoms with Gasteiger partial charge in [0.2, 0.25) is 10.0 Å². The van der Waals surface area contributed by atoms with Gasteiger partial charge in [-0.05, 0) is 47.3 Å². The highest BCUT2D eigenvalue weighted by atomic mass is 32.2. The van der Waals surface area contributed by atoms with E-state index in [9.17, 15) is 21.6 Å². The molecule has 8 nitrogen and oxygen atoms in total. The first-order valence-electron chi connectivity index (χ1n) is 8.19. The number of sulfonamides is 2. The largest absolute Gasteiger partial charge is 0.322 e. The Kier molecular flexibility index (Phi) is 6.03. The fourth-order valence-electron chi connectivity index (χ4n) is 2.52. The van der Waals surface area contributed by atoms with E-state index in [4.69, 9.17) is 5.14 Å². The molecule has 0 unspecified atom stereocenters. The molecule has 0 aliphatic rings. The van der Waals surface area contributed by atoms with Crippen LogP contribution in [0.3, 0.4) is 0 Å².